The lowest BCUT2D eigenvalue weighted by Crippen LogP contribution is -1.97. The Kier molecular flexibility index (Phi) is 6.68. The van der Waals surface area contributed by atoms with Crippen LogP contribution in [0.1, 0.15) is 0 Å². The van der Waals surface area contributed by atoms with Crippen molar-refractivity contribution in [1.29, 1.82) is 0 Å². The maximum Gasteiger partial charge on any atom is 0.161 e. The Balaban J connectivity index is 1.23. The van der Waals surface area contributed by atoms with E-state index in [1.807, 2.05) is 17.4 Å². The molecular formula is C46H29N3S. The van der Waals surface area contributed by atoms with Gasteiger partial charge in [-0.05, 0) is 47.5 Å². The zero-order chi connectivity index (χ0) is 33.0. The molecule has 0 N–H and O–H groups in total. The van der Waals surface area contributed by atoms with Gasteiger partial charge in [-0.3, -0.25) is 0 Å². The Hall–Kier alpha value is -6.36. The zero-order valence-electron chi connectivity index (χ0n) is 27.0. The van der Waals surface area contributed by atoms with Crippen LogP contribution >= 0.6 is 11.3 Å². The van der Waals surface area contributed by atoms with E-state index in [9.17, 15) is 0 Å². The van der Waals surface area contributed by atoms with Crippen molar-refractivity contribution in [2.75, 3.05) is 0 Å². The molecule has 3 nitrogen and oxygen atoms in total. The molecule has 10 aromatic rings. The van der Waals surface area contributed by atoms with E-state index in [2.05, 4.69) is 174 Å². The average molecular weight is 656 g/mol. The van der Waals surface area contributed by atoms with Crippen LogP contribution in [0.2, 0.25) is 0 Å². The minimum Gasteiger partial charge on any atom is -0.308 e. The van der Waals surface area contributed by atoms with E-state index >= 15 is 0 Å². The molecule has 0 atom stereocenters. The van der Waals surface area contributed by atoms with Crippen LogP contribution < -0.4 is 0 Å². The number of thiophene rings is 1. The summed E-state index contributed by atoms with van der Waals surface area (Å²) in [6, 6.07) is 62.3. The number of hydrogen-bond donors (Lipinski definition) is 0. The van der Waals surface area contributed by atoms with Crippen molar-refractivity contribution in [2.24, 2.45) is 0 Å². The van der Waals surface area contributed by atoms with Crippen molar-refractivity contribution < 1.29 is 0 Å². The molecule has 234 valence electrons. The van der Waals surface area contributed by atoms with Gasteiger partial charge in [0.05, 0.1) is 32.8 Å². The molecule has 0 aliphatic heterocycles. The lowest BCUT2D eigenvalue weighted by Gasteiger charge is -2.12. The van der Waals surface area contributed by atoms with Gasteiger partial charge in [0.25, 0.3) is 0 Å². The van der Waals surface area contributed by atoms with Gasteiger partial charge in [-0.2, -0.15) is 0 Å². The van der Waals surface area contributed by atoms with Crippen molar-refractivity contribution in [3.63, 3.8) is 0 Å². The summed E-state index contributed by atoms with van der Waals surface area (Å²) in [6.07, 6.45) is 0. The first-order valence-corrected chi connectivity index (χ1v) is 17.7. The van der Waals surface area contributed by atoms with Gasteiger partial charge in [0.15, 0.2) is 5.82 Å². The number of para-hydroxylation sites is 1. The Morgan fingerprint density at radius 1 is 0.420 bits per heavy atom. The SMILES string of the molecule is c1ccc(-c2cccc(-c3cc(-c4ccccc4)nc(-c4cccc5c4c4ccccc4n5-c4cccc5c4sc4ccccc45)n3)c2)cc1. The first-order valence-electron chi connectivity index (χ1n) is 16.8. The molecule has 0 amide bonds. The van der Waals surface area contributed by atoms with Gasteiger partial charge in [-0.1, -0.05) is 140 Å². The highest BCUT2D eigenvalue weighted by Gasteiger charge is 2.21. The normalized spacial score (nSPS) is 11.6. The van der Waals surface area contributed by atoms with E-state index in [0.29, 0.717) is 5.82 Å². The van der Waals surface area contributed by atoms with Crippen LogP contribution in [0.25, 0.3) is 92.7 Å². The Labute approximate surface area is 293 Å². The fourth-order valence-electron chi connectivity index (χ4n) is 7.33. The molecule has 7 aromatic carbocycles. The van der Waals surface area contributed by atoms with Gasteiger partial charge < -0.3 is 4.57 Å². The largest absolute Gasteiger partial charge is 0.308 e. The summed E-state index contributed by atoms with van der Waals surface area (Å²) in [6.45, 7) is 0. The highest BCUT2D eigenvalue weighted by Crippen LogP contribution is 2.43. The molecule has 0 fully saturated rings. The Morgan fingerprint density at radius 2 is 1.02 bits per heavy atom. The molecule has 0 saturated carbocycles. The summed E-state index contributed by atoms with van der Waals surface area (Å²) in [4.78, 5) is 10.6. The summed E-state index contributed by atoms with van der Waals surface area (Å²) >= 11 is 1.86. The molecule has 50 heavy (non-hydrogen) atoms. The molecule has 0 aliphatic rings. The summed E-state index contributed by atoms with van der Waals surface area (Å²) in [7, 11) is 0. The van der Waals surface area contributed by atoms with Gasteiger partial charge in [-0.15, -0.1) is 11.3 Å². The van der Waals surface area contributed by atoms with Gasteiger partial charge in [-0.25, -0.2) is 9.97 Å². The number of benzene rings is 7. The summed E-state index contributed by atoms with van der Waals surface area (Å²) in [5, 5.41) is 4.91. The van der Waals surface area contributed by atoms with Crippen molar-refractivity contribution in [1.82, 2.24) is 14.5 Å². The van der Waals surface area contributed by atoms with Gasteiger partial charge >= 0.3 is 0 Å². The number of aromatic nitrogens is 3. The zero-order valence-corrected chi connectivity index (χ0v) is 27.8. The molecule has 10 rings (SSSR count). The first kappa shape index (κ1) is 28.6. The lowest BCUT2D eigenvalue weighted by molar-refractivity contribution is 1.18. The maximum atomic E-state index is 5.33. The molecule has 0 bridgehead atoms. The van der Waals surface area contributed by atoms with Gasteiger partial charge in [0, 0.05) is 42.9 Å². The second kappa shape index (κ2) is 11.7. The van der Waals surface area contributed by atoms with Gasteiger partial charge in [0.1, 0.15) is 0 Å². The smallest absolute Gasteiger partial charge is 0.161 e. The molecule has 4 heteroatoms. The van der Waals surface area contributed by atoms with Gasteiger partial charge in [0.2, 0.25) is 0 Å². The molecule has 0 radical (unpaired) electrons. The van der Waals surface area contributed by atoms with Crippen molar-refractivity contribution in [2.45, 2.75) is 0 Å². The van der Waals surface area contributed by atoms with E-state index in [1.54, 1.807) is 0 Å². The monoisotopic (exact) mass is 655 g/mol. The highest BCUT2D eigenvalue weighted by molar-refractivity contribution is 7.26. The van der Waals surface area contributed by atoms with Crippen molar-refractivity contribution in [3.8, 4) is 50.7 Å². The van der Waals surface area contributed by atoms with E-state index in [0.717, 1.165) is 50.1 Å². The van der Waals surface area contributed by atoms with Crippen LogP contribution in [-0.4, -0.2) is 14.5 Å². The molecule has 0 saturated heterocycles. The predicted molar refractivity (Wildman–Crippen MR) is 211 cm³/mol. The molecule has 0 spiro atoms. The van der Waals surface area contributed by atoms with Crippen molar-refractivity contribution in [3.05, 3.63) is 176 Å². The lowest BCUT2D eigenvalue weighted by atomic mass is 10.00. The fraction of sp³-hybridized carbons (Fsp3) is 0. The van der Waals surface area contributed by atoms with E-state index in [1.165, 1.54) is 36.8 Å². The van der Waals surface area contributed by atoms with Crippen LogP contribution in [0.3, 0.4) is 0 Å². The van der Waals surface area contributed by atoms with E-state index < -0.39 is 0 Å². The third-order valence-corrected chi connectivity index (χ3v) is 10.8. The summed E-state index contributed by atoms with van der Waals surface area (Å²) < 4.78 is 5.01. The average Bonchev–Trinajstić information content (AvgIpc) is 3.75. The molecule has 0 unspecified atom stereocenters. The van der Waals surface area contributed by atoms with Crippen LogP contribution in [0.5, 0.6) is 0 Å². The van der Waals surface area contributed by atoms with Crippen LogP contribution in [-0.2, 0) is 0 Å². The summed E-state index contributed by atoms with van der Waals surface area (Å²) in [5.41, 5.74) is 10.7. The van der Waals surface area contributed by atoms with E-state index in [4.69, 9.17) is 9.97 Å². The van der Waals surface area contributed by atoms with E-state index in [-0.39, 0.29) is 0 Å². The number of nitrogens with zero attached hydrogens (tertiary/aromatic N) is 3. The number of fused-ring (bicyclic) bond motifs is 6. The van der Waals surface area contributed by atoms with Crippen LogP contribution in [0.4, 0.5) is 0 Å². The second-order valence-electron chi connectivity index (χ2n) is 12.6. The standard InChI is InChI=1S/C46H29N3S/c1-3-14-30(15-4-1)32-18-11-19-33(28-32)39-29-38(31-16-5-2-6-17-31)47-46(48-39)37-23-13-25-41-44(37)36-21-7-9-24-40(36)49(41)42-26-12-22-35-34-20-8-10-27-43(34)50-45(35)42/h1-29H. The quantitative estimate of drug-likeness (QED) is 0.185. The number of rotatable bonds is 5. The molecule has 3 heterocycles. The molecule has 3 aromatic heterocycles. The van der Waals surface area contributed by atoms with Crippen LogP contribution in [0.15, 0.2) is 176 Å². The third kappa shape index (κ3) is 4.65. The Bertz CT molecular complexity index is 2870. The van der Waals surface area contributed by atoms with Crippen LogP contribution in [0, 0.1) is 0 Å². The maximum absolute atomic E-state index is 5.33. The second-order valence-corrected chi connectivity index (χ2v) is 13.6. The third-order valence-electron chi connectivity index (χ3n) is 9.62. The highest BCUT2D eigenvalue weighted by atomic mass is 32.1. The topological polar surface area (TPSA) is 30.7 Å². The summed E-state index contributed by atoms with van der Waals surface area (Å²) in [5.74, 6) is 0.708. The predicted octanol–water partition coefficient (Wildman–Crippen LogP) is 12.6. The minimum atomic E-state index is 0.708. The number of hydrogen-bond acceptors (Lipinski definition) is 3. The molecular weight excluding hydrogens is 627 g/mol. The Morgan fingerprint density at radius 3 is 1.86 bits per heavy atom. The van der Waals surface area contributed by atoms with Crippen molar-refractivity contribution >= 4 is 53.3 Å². The minimum absolute atomic E-state index is 0.708. The first-order chi connectivity index (χ1) is 24.8. The molecule has 0 aliphatic carbocycles. The fourth-order valence-corrected chi connectivity index (χ4v) is 8.54.